The van der Waals surface area contributed by atoms with Gasteiger partial charge < -0.3 is 5.73 Å². The highest BCUT2D eigenvalue weighted by Gasteiger charge is 2.07. The maximum Gasteiger partial charge on any atom is 0.140 e. The number of nitrogens with two attached hydrogens (primary N) is 1. The lowest BCUT2D eigenvalue weighted by Gasteiger charge is -2.07. The van der Waals surface area contributed by atoms with Gasteiger partial charge in [-0.1, -0.05) is 24.3 Å². The van der Waals surface area contributed by atoms with Crippen LogP contribution in [0.3, 0.4) is 0 Å². The summed E-state index contributed by atoms with van der Waals surface area (Å²) in [5.41, 5.74) is 8.56. The van der Waals surface area contributed by atoms with Gasteiger partial charge in [0.25, 0.3) is 0 Å². The van der Waals surface area contributed by atoms with E-state index < -0.39 is 0 Å². The molecule has 0 atom stereocenters. The van der Waals surface area contributed by atoms with Crippen molar-refractivity contribution in [2.75, 3.05) is 5.73 Å². The molecule has 0 bridgehead atoms. The van der Waals surface area contributed by atoms with Crippen LogP contribution in [0.4, 0.5) is 5.82 Å². The maximum absolute atomic E-state index is 8.77. The molecule has 2 N–H and O–H groups in total. The molecule has 4 heteroatoms. The van der Waals surface area contributed by atoms with E-state index in [2.05, 4.69) is 5.10 Å². The minimum Gasteiger partial charge on any atom is -0.383 e. The number of nitrogens with zero attached hydrogens (tertiary/aromatic N) is 3. The Kier molecular flexibility index (Phi) is 2.61. The number of nitriles is 1. The number of nitrogen functional groups attached to an aromatic ring is 1. The van der Waals surface area contributed by atoms with Crippen LogP contribution in [0, 0.1) is 18.3 Å². The monoisotopic (exact) mass is 212 g/mol. The Morgan fingerprint density at radius 1 is 1.44 bits per heavy atom. The molecule has 2 aromatic rings. The van der Waals surface area contributed by atoms with Gasteiger partial charge in [-0.25, -0.2) is 4.68 Å². The molecule has 0 radical (unpaired) electrons. The highest BCUT2D eigenvalue weighted by Crippen LogP contribution is 2.14. The quantitative estimate of drug-likeness (QED) is 0.823. The average molecular weight is 212 g/mol. The molecular formula is C12H12N4. The predicted octanol–water partition coefficient (Wildman–Crippen LogP) is 1.69. The van der Waals surface area contributed by atoms with E-state index in [1.807, 2.05) is 37.3 Å². The Labute approximate surface area is 93.9 Å². The lowest BCUT2D eigenvalue weighted by Crippen LogP contribution is -2.07. The number of aromatic nitrogens is 2. The van der Waals surface area contributed by atoms with Gasteiger partial charge in [-0.05, 0) is 18.1 Å². The van der Waals surface area contributed by atoms with E-state index >= 15 is 0 Å². The van der Waals surface area contributed by atoms with Crippen molar-refractivity contribution < 1.29 is 0 Å². The van der Waals surface area contributed by atoms with Gasteiger partial charge in [0.1, 0.15) is 17.5 Å². The topological polar surface area (TPSA) is 67.6 Å². The lowest BCUT2D eigenvalue weighted by atomic mass is 10.1. The van der Waals surface area contributed by atoms with E-state index in [9.17, 15) is 0 Å². The molecule has 0 aliphatic carbocycles. The Hall–Kier alpha value is -2.28. The van der Waals surface area contributed by atoms with Crippen molar-refractivity contribution in [1.82, 2.24) is 9.78 Å². The van der Waals surface area contributed by atoms with Gasteiger partial charge in [0, 0.05) is 0 Å². The van der Waals surface area contributed by atoms with Crippen LogP contribution in [0.25, 0.3) is 0 Å². The summed E-state index contributed by atoms with van der Waals surface area (Å²) in [5, 5.41) is 12.9. The highest BCUT2D eigenvalue weighted by molar-refractivity contribution is 5.47. The number of anilines is 1. The number of aryl methyl sites for hydroxylation is 1. The summed E-state index contributed by atoms with van der Waals surface area (Å²) >= 11 is 0. The second-order valence-corrected chi connectivity index (χ2v) is 3.64. The molecule has 1 heterocycles. The second kappa shape index (κ2) is 4.07. The minimum absolute atomic E-state index is 0.422. The Balaban J connectivity index is 2.32. The average Bonchev–Trinajstić information content (AvgIpc) is 2.63. The lowest BCUT2D eigenvalue weighted by molar-refractivity contribution is 0.694. The molecule has 2 rings (SSSR count). The first-order valence-electron chi connectivity index (χ1n) is 4.98. The number of hydrogen-bond donors (Lipinski definition) is 1. The van der Waals surface area contributed by atoms with Crippen LogP contribution in [0.2, 0.25) is 0 Å². The fourth-order valence-corrected chi connectivity index (χ4v) is 1.56. The van der Waals surface area contributed by atoms with E-state index in [1.54, 1.807) is 4.68 Å². The van der Waals surface area contributed by atoms with Gasteiger partial charge >= 0.3 is 0 Å². The summed E-state index contributed by atoms with van der Waals surface area (Å²) in [6, 6.07) is 10.1. The molecule has 0 unspecified atom stereocenters. The molecular weight excluding hydrogens is 200 g/mol. The second-order valence-electron chi connectivity index (χ2n) is 3.64. The van der Waals surface area contributed by atoms with Crippen LogP contribution in [-0.2, 0) is 6.54 Å². The Morgan fingerprint density at radius 2 is 2.19 bits per heavy atom. The Morgan fingerprint density at radius 3 is 2.81 bits per heavy atom. The van der Waals surface area contributed by atoms with Gasteiger partial charge in [0.15, 0.2) is 0 Å². The molecule has 0 aliphatic rings. The zero-order valence-electron chi connectivity index (χ0n) is 9.01. The standard InChI is InChI=1S/C12H12N4/c1-9-4-2-3-5-10(9)8-16-12(14)11(6-13)7-15-16/h2-5,7H,8,14H2,1H3. The summed E-state index contributed by atoms with van der Waals surface area (Å²) in [7, 11) is 0. The third kappa shape index (κ3) is 1.75. The first-order chi connectivity index (χ1) is 7.72. The van der Waals surface area contributed by atoms with E-state index in [4.69, 9.17) is 11.0 Å². The molecule has 0 saturated heterocycles. The van der Waals surface area contributed by atoms with Gasteiger partial charge in [-0.3, -0.25) is 0 Å². The molecule has 0 amide bonds. The van der Waals surface area contributed by atoms with Crippen LogP contribution in [0.1, 0.15) is 16.7 Å². The number of rotatable bonds is 2. The third-order valence-corrected chi connectivity index (χ3v) is 2.58. The van der Waals surface area contributed by atoms with E-state index in [1.165, 1.54) is 11.8 Å². The normalized spacial score (nSPS) is 10.0. The van der Waals surface area contributed by atoms with Crippen molar-refractivity contribution in [2.45, 2.75) is 13.5 Å². The molecule has 1 aromatic carbocycles. The van der Waals surface area contributed by atoms with Crippen molar-refractivity contribution in [2.24, 2.45) is 0 Å². The van der Waals surface area contributed by atoms with E-state index in [-0.39, 0.29) is 0 Å². The zero-order valence-corrected chi connectivity index (χ0v) is 9.01. The molecule has 16 heavy (non-hydrogen) atoms. The zero-order chi connectivity index (χ0) is 11.5. The largest absolute Gasteiger partial charge is 0.383 e. The van der Waals surface area contributed by atoms with Crippen LogP contribution < -0.4 is 5.73 Å². The Bertz CT molecular complexity index is 548. The van der Waals surface area contributed by atoms with Crippen LogP contribution in [0.15, 0.2) is 30.5 Å². The molecule has 0 saturated carbocycles. The van der Waals surface area contributed by atoms with Crippen molar-refractivity contribution in [1.29, 1.82) is 5.26 Å². The van der Waals surface area contributed by atoms with Gasteiger partial charge in [-0.2, -0.15) is 10.4 Å². The summed E-state index contributed by atoms with van der Waals surface area (Å²) in [6.45, 7) is 2.64. The maximum atomic E-state index is 8.77. The van der Waals surface area contributed by atoms with E-state index in [0.29, 0.717) is 17.9 Å². The van der Waals surface area contributed by atoms with Crippen LogP contribution in [0.5, 0.6) is 0 Å². The molecule has 80 valence electrons. The van der Waals surface area contributed by atoms with E-state index in [0.717, 1.165) is 5.56 Å². The molecule has 0 aliphatic heterocycles. The first kappa shape index (κ1) is 10.2. The van der Waals surface area contributed by atoms with Crippen molar-refractivity contribution in [3.63, 3.8) is 0 Å². The predicted molar refractivity (Wildman–Crippen MR) is 61.6 cm³/mol. The van der Waals surface area contributed by atoms with Gasteiger partial charge in [0.05, 0.1) is 12.7 Å². The summed E-state index contributed by atoms with van der Waals surface area (Å²) in [5.74, 6) is 0.422. The summed E-state index contributed by atoms with van der Waals surface area (Å²) < 4.78 is 1.64. The van der Waals surface area contributed by atoms with Gasteiger partial charge in [-0.15, -0.1) is 0 Å². The smallest absolute Gasteiger partial charge is 0.140 e. The summed E-state index contributed by atoms with van der Waals surface area (Å²) in [4.78, 5) is 0. The fraction of sp³-hybridized carbons (Fsp3) is 0.167. The highest BCUT2D eigenvalue weighted by atomic mass is 15.3. The van der Waals surface area contributed by atoms with Crippen LogP contribution in [-0.4, -0.2) is 9.78 Å². The molecule has 1 aromatic heterocycles. The van der Waals surface area contributed by atoms with Gasteiger partial charge in [0.2, 0.25) is 0 Å². The van der Waals surface area contributed by atoms with Crippen molar-refractivity contribution in [3.05, 3.63) is 47.2 Å². The minimum atomic E-state index is 0.422. The SMILES string of the molecule is Cc1ccccc1Cn1ncc(C#N)c1N. The van der Waals surface area contributed by atoms with Crippen molar-refractivity contribution >= 4 is 5.82 Å². The number of benzene rings is 1. The van der Waals surface area contributed by atoms with Crippen molar-refractivity contribution in [3.8, 4) is 6.07 Å². The molecule has 4 nitrogen and oxygen atoms in total. The number of hydrogen-bond acceptors (Lipinski definition) is 3. The summed E-state index contributed by atoms with van der Waals surface area (Å²) in [6.07, 6.45) is 1.49. The molecule has 0 fully saturated rings. The fourth-order valence-electron chi connectivity index (χ4n) is 1.56. The molecule has 0 spiro atoms. The third-order valence-electron chi connectivity index (χ3n) is 2.58. The first-order valence-corrected chi connectivity index (χ1v) is 4.98. The van der Waals surface area contributed by atoms with Crippen LogP contribution >= 0.6 is 0 Å².